The zero-order valence-corrected chi connectivity index (χ0v) is 18.9. The molecule has 0 aliphatic carbocycles. The van der Waals surface area contributed by atoms with E-state index in [1.54, 1.807) is 43.7 Å². The number of para-hydroxylation sites is 1. The molecule has 172 valence electrons. The number of hydrogen-bond acceptors (Lipinski definition) is 6. The molecule has 2 atom stereocenters. The van der Waals surface area contributed by atoms with Gasteiger partial charge in [0, 0.05) is 18.7 Å². The van der Waals surface area contributed by atoms with Gasteiger partial charge in [0.2, 0.25) is 0 Å². The fraction of sp³-hybridized carbons (Fsp3) is 0.333. The summed E-state index contributed by atoms with van der Waals surface area (Å²) < 4.78 is 6.19. The zero-order valence-electron chi connectivity index (χ0n) is 18.9. The molecule has 1 fully saturated rings. The number of ether oxygens (including phenoxy) is 1. The number of rotatable bonds is 6. The molecule has 0 unspecified atom stereocenters. The number of benzene rings is 2. The third-order valence-corrected chi connectivity index (χ3v) is 5.81. The van der Waals surface area contributed by atoms with Crippen LogP contribution < -0.4 is 4.74 Å². The van der Waals surface area contributed by atoms with Gasteiger partial charge in [0.15, 0.2) is 0 Å². The molecule has 2 amide bonds. The minimum absolute atomic E-state index is 0.0688. The van der Waals surface area contributed by atoms with Crippen LogP contribution in [-0.2, 0) is 4.84 Å². The Bertz CT molecular complexity index is 1120. The van der Waals surface area contributed by atoms with E-state index in [1.807, 2.05) is 36.1 Å². The van der Waals surface area contributed by atoms with E-state index in [9.17, 15) is 9.59 Å². The van der Waals surface area contributed by atoms with Crippen molar-refractivity contribution < 1.29 is 19.2 Å². The average Bonchev–Trinajstić information content (AvgIpc) is 3.39. The summed E-state index contributed by atoms with van der Waals surface area (Å²) in [5.41, 5.74) is 1.64. The molecule has 0 N–H and O–H groups in total. The van der Waals surface area contributed by atoms with E-state index in [2.05, 4.69) is 10.2 Å². The summed E-state index contributed by atoms with van der Waals surface area (Å²) in [6.45, 7) is 2.49. The highest BCUT2D eigenvalue weighted by atomic mass is 16.7. The molecule has 9 heteroatoms. The first kappa shape index (κ1) is 22.5. The van der Waals surface area contributed by atoms with Crippen LogP contribution in [0, 0.1) is 0 Å². The van der Waals surface area contributed by atoms with Gasteiger partial charge in [-0.25, -0.2) is 5.06 Å². The Kier molecular flexibility index (Phi) is 6.69. The standard InChI is InChI=1S/C24H27N5O4/c1-17-11-12-20(33-19-8-6-7-18(15-19)23(30)27(2)32-3)16-28(17)24(31)21-9-4-5-10-22(21)29-25-13-14-26-29/h4-10,13-15,17,20H,11-12,16H2,1-3H3/t17-,20-/m1/s1. The van der Waals surface area contributed by atoms with E-state index in [1.165, 1.54) is 11.9 Å². The maximum atomic E-state index is 13.5. The van der Waals surface area contributed by atoms with Crippen LogP contribution in [0.1, 0.15) is 40.5 Å². The minimum atomic E-state index is -0.263. The quantitative estimate of drug-likeness (QED) is 0.538. The lowest BCUT2D eigenvalue weighted by atomic mass is 9.99. The van der Waals surface area contributed by atoms with Gasteiger partial charge < -0.3 is 9.64 Å². The smallest absolute Gasteiger partial charge is 0.277 e. The van der Waals surface area contributed by atoms with Gasteiger partial charge in [0.05, 0.1) is 37.3 Å². The zero-order chi connectivity index (χ0) is 23.4. The van der Waals surface area contributed by atoms with E-state index in [4.69, 9.17) is 9.57 Å². The molecule has 4 rings (SSSR count). The van der Waals surface area contributed by atoms with Crippen LogP contribution in [0.15, 0.2) is 60.9 Å². The maximum absolute atomic E-state index is 13.5. The van der Waals surface area contributed by atoms with Crippen LogP contribution >= 0.6 is 0 Å². The van der Waals surface area contributed by atoms with Gasteiger partial charge in [-0.3, -0.25) is 14.4 Å². The summed E-state index contributed by atoms with van der Waals surface area (Å²) in [5.74, 6) is 0.230. The van der Waals surface area contributed by atoms with Crippen molar-refractivity contribution in [3.63, 3.8) is 0 Å². The van der Waals surface area contributed by atoms with Gasteiger partial charge >= 0.3 is 0 Å². The predicted molar refractivity (Wildman–Crippen MR) is 121 cm³/mol. The van der Waals surface area contributed by atoms with E-state index < -0.39 is 0 Å². The molecular formula is C24H27N5O4. The molecule has 9 nitrogen and oxygen atoms in total. The molecule has 33 heavy (non-hydrogen) atoms. The molecule has 1 aliphatic heterocycles. The fourth-order valence-electron chi connectivity index (χ4n) is 3.94. The van der Waals surface area contributed by atoms with Crippen LogP contribution in [0.4, 0.5) is 0 Å². The highest BCUT2D eigenvalue weighted by molar-refractivity contribution is 5.98. The third kappa shape index (κ3) is 4.88. The molecule has 0 saturated carbocycles. The van der Waals surface area contributed by atoms with Crippen LogP contribution in [0.5, 0.6) is 5.75 Å². The van der Waals surface area contributed by atoms with Gasteiger partial charge in [-0.05, 0) is 50.1 Å². The first-order valence-electron chi connectivity index (χ1n) is 10.8. The molecular weight excluding hydrogens is 422 g/mol. The van der Waals surface area contributed by atoms with Gasteiger partial charge in [0.25, 0.3) is 11.8 Å². The van der Waals surface area contributed by atoms with Crippen molar-refractivity contribution in [3.05, 3.63) is 72.1 Å². The first-order valence-corrected chi connectivity index (χ1v) is 10.8. The normalized spacial score (nSPS) is 18.1. The maximum Gasteiger partial charge on any atom is 0.277 e. The van der Waals surface area contributed by atoms with E-state index in [-0.39, 0.29) is 24.0 Å². The summed E-state index contributed by atoms with van der Waals surface area (Å²) >= 11 is 0. The van der Waals surface area contributed by atoms with E-state index in [0.717, 1.165) is 17.9 Å². The van der Waals surface area contributed by atoms with Crippen LogP contribution in [-0.4, -0.2) is 69.6 Å². The number of hydroxylamine groups is 2. The number of nitrogens with zero attached hydrogens (tertiary/aromatic N) is 5. The molecule has 0 radical (unpaired) electrons. The first-order chi connectivity index (χ1) is 16.0. The second kappa shape index (κ2) is 9.83. The predicted octanol–water partition coefficient (Wildman–Crippen LogP) is 2.97. The van der Waals surface area contributed by atoms with Crippen molar-refractivity contribution in [1.29, 1.82) is 0 Å². The topological polar surface area (TPSA) is 89.8 Å². The summed E-state index contributed by atoms with van der Waals surface area (Å²) in [6.07, 6.45) is 4.59. The van der Waals surface area contributed by atoms with Gasteiger partial charge in [-0.1, -0.05) is 18.2 Å². The number of likely N-dealkylation sites (tertiary alicyclic amines) is 1. The molecule has 1 saturated heterocycles. The number of aromatic nitrogens is 3. The lowest BCUT2D eigenvalue weighted by molar-refractivity contribution is -0.0757. The molecule has 0 bridgehead atoms. The Morgan fingerprint density at radius 1 is 1.06 bits per heavy atom. The Morgan fingerprint density at radius 2 is 1.82 bits per heavy atom. The van der Waals surface area contributed by atoms with Crippen molar-refractivity contribution in [2.24, 2.45) is 0 Å². The lowest BCUT2D eigenvalue weighted by Gasteiger charge is -2.38. The summed E-state index contributed by atoms with van der Waals surface area (Å²) in [5, 5.41) is 9.51. The molecule has 2 heterocycles. The van der Waals surface area contributed by atoms with Crippen molar-refractivity contribution in [2.45, 2.75) is 31.9 Å². The number of carbonyl (C=O) groups excluding carboxylic acids is 2. The molecule has 2 aromatic carbocycles. The average molecular weight is 450 g/mol. The molecule has 0 spiro atoms. The van der Waals surface area contributed by atoms with Crippen molar-refractivity contribution in [1.82, 2.24) is 25.0 Å². The van der Waals surface area contributed by atoms with Gasteiger partial charge in [0.1, 0.15) is 11.9 Å². The van der Waals surface area contributed by atoms with Crippen LogP contribution in [0.3, 0.4) is 0 Å². The number of piperidine rings is 1. The minimum Gasteiger partial charge on any atom is -0.489 e. The largest absolute Gasteiger partial charge is 0.489 e. The van der Waals surface area contributed by atoms with Crippen molar-refractivity contribution in [3.8, 4) is 11.4 Å². The highest BCUT2D eigenvalue weighted by Crippen LogP contribution is 2.26. The summed E-state index contributed by atoms with van der Waals surface area (Å²) in [7, 11) is 2.99. The van der Waals surface area contributed by atoms with Crippen molar-refractivity contribution >= 4 is 11.8 Å². The number of carbonyl (C=O) groups is 2. The van der Waals surface area contributed by atoms with Gasteiger partial charge in [-0.15, -0.1) is 0 Å². The molecule has 1 aromatic heterocycles. The Morgan fingerprint density at radius 3 is 2.58 bits per heavy atom. The Hall–Kier alpha value is -3.72. The van der Waals surface area contributed by atoms with E-state index >= 15 is 0 Å². The monoisotopic (exact) mass is 449 g/mol. The molecule has 1 aliphatic rings. The summed E-state index contributed by atoms with van der Waals surface area (Å²) in [4.78, 5) is 34.2. The summed E-state index contributed by atoms with van der Waals surface area (Å²) in [6, 6.07) is 14.4. The Labute approximate surface area is 192 Å². The Balaban J connectivity index is 1.51. The molecule has 3 aromatic rings. The van der Waals surface area contributed by atoms with Gasteiger partial charge in [-0.2, -0.15) is 15.0 Å². The second-order valence-electron chi connectivity index (χ2n) is 7.97. The van der Waals surface area contributed by atoms with E-state index in [0.29, 0.717) is 29.1 Å². The fourth-order valence-corrected chi connectivity index (χ4v) is 3.94. The van der Waals surface area contributed by atoms with Crippen molar-refractivity contribution in [2.75, 3.05) is 20.7 Å². The number of amides is 2. The highest BCUT2D eigenvalue weighted by Gasteiger charge is 2.32. The SMILES string of the molecule is CON(C)C(=O)c1cccc(O[C@@H]2CC[C@@H](C)N(C(=O)c3ccccc3-n3nccn3)C2)c1. The third-order valence-electron chi connectivity index (χ3n) is 5.81. The lowest BCUT2D eigenvalue weighted by Crippen LogP contribution is -2.49. The van der Waals surface area contributed by atoms with Crippen LogP contribution in [0.25, 0.3) is 5.69 Å². The van der Waals surface area contributed by atoms with Crippen LogP contribution in [0.2, 0.25) is 0 Å². The second-order valence-corrected chi connectivity index (χ2v) is 7.97. The number of hydrogen-bond donors (Lipinski definition) is 0.